The third-order valence-corrected chi connectivity index (χ3v) is 6.68. The Labute approximate surface area is 170 Å². The molecule has 1 atom stereocenters. The van der Waals surface area contributed by atoms with E-state index in [0.717, 1.165) is 32.7 Å². The van der Waals surface area contributed by atoms with Crippen LogP contribution in [0.15, 0.2) is 54.6 Å². The number of hydrogen-bond acceptors (Lipinski definition) is 3. The summed E-state index contributed by atoms with van der Waals surface area (Å²) in [7, 11) is 0. The fourth-order valence-electron chi connectivity index (χ4n) is 3.95. The zero-order valence-corrected chi connectivity index (χ0v) is 16.3. The zero-order valence-electron chi connectivity index (χ0n) is 15.5. The number of carbonyl (C=O) groups is 1. The van der Waals surface area contributed by atoms with Gasteiger partial charge < -0.3 is 5.11 Å². The molecule has 1 aliphatic rings. The van der Waals surface area contributed by atoms with E-state index in [2.05, 4.69) is 11.0 Å². The molecule has 2 heterocycles. The number of hydrogen-bond donors (Lipinski definition) is 1. The maximum atomic E-state index is 13.0. The average molecular weight is 419 g/mol. The number of carboxylic acid groups (broad SMARTS) is 1. The summed E-state index contributed by atoms with van der Waals surface area (Å²) < 4.78 is 40.1. The Balaban J connectivity index is 1.70. The summed E-state index contributed by atoms with van der Waals surface area (Å²) in [5, 5.41) is 10.4. The predicted octanol–water partition coefficient (Wildman–Crippen LogP) is 5.81. The number of likely N-dealkylation sites (tertiary alicyclic amines) is 1. The lowest BCUT2D eigenvalue weighted by atomic mass is 9.93. The highest BCUT2D eigenvalue weighted by Gasteiger charge is 2.33. The van der Waals surface area contributed by atoms with E-state index in [1.165, 1.54) is 0 Å². The van der Waals surface area contributed by atoms with Crippen molar-refractivity contribution in [1.29, 1.82) is 0 Å². The van der Waals surface area contributed by atoms with Crippen LogP contribution in [0.25, 0.3) is 10.1 Å². The molecule has 4 rings (SSSR count). The molecule has 152 valence electrons. The Morgan fingerprint density at radius 2 is 1.72 bits per heavy atom. The number of carboxylic acids is 1. The number of halogens is 3. The minimum Gasteiger partial charge on any atom is -0.481 e. The highest BCUT2D eigenvalue weighted by molar-refractivity contribution is 7.19. The largest absolute Gasteiger partial charge is 0.481 e. The molecule has 1 aliphatic heterocycles. The van der Waals surface area contributed by atoms with Crippen LogP contribution in [0, 0.1) is 5.92 Å². The number of piperidine rings is 1. The van der Waals surface area contributed by atoms with Gasteiger partial charge in [-0.05, 0) is 61.1 Å². The smallest absolute Gasteiger partial charge is 0.416 e. The second-order valence-electron chi connectivity index (χ2n) is 7.36. The van der Waals surface area contributed by atoms with Crippen molar-refractivity contribution in [2.24, 2.45) is 5.92 Å². The van der Waals surface area contributed by atoms with Crippen LogP contribution in [0.5, 0.6) is 0 Å². The summed E-state index contributed by atoms with van der Waals surface area (Å²) in [5.74, 6) is -1.14. The van der Waals surface area contributed by atoms with Crippen molar-refractivity contribution in [2.45, 2.75) is 25.1 Å². The van der Waals surface area contributed by atoms with E-state index in [4.69, 9.17) is 0 Å². The summed E-state index contributed by atoms with van der Waals surface area (Å²) in [6.07, 6.45) is -3.29. The SMILES string of the molecule is O=C(O)C1CCN(C(c2ccc(C(F)(F)F)cc2)c2cc3ccccc3s2)CC1. The summed E-state index contributed by atoms with van der Waals surface area (Å²) in [4.78, 5) is 14.5. The molecule has 7 heteroatoms. The number of nitrogens with zero attached hydrogens (tertiary/aromatic N) is 1. The Morgan fingerprint density at radius 1 is 1.07 bits per heavy atom. The van der Waals surface area contributed by atoms with Crippen molar-refractivity contribution >= 4 is 27.4 Å². The van der Waals surface area contributed by atoms with Crippen LogP contribution in [-0.4, -0.2) is 29.1 Å². The van der Waals surface area contributed by atoms with Crippen LogP contribution in [0.2, 0.25) is 0 Å². The fourth-order valence-corrected chi connectivity index (χ4v) is 5.18. The maximum absolute atomic E-state index is 13.0. The molecule has 0 spiro atoms. The average Bonchev–Trinajstić information content (AvgIpc) is 3.12. The summed E-state index contributed by atoms with van der Waals surface area (Å²) in [6, 6.07) is 15.2. The number of fused-ring (bicyclic) bond motifs is 1. The molecule has 1 aromatic heterocycles. The van der Waals surface area contributed by atoms with Gasteiger partial charge in [-0.25, -0.2) is 0 Å². The van der Waals surface area contributed by atoms with Gasteiger partial charge in [0.05, 0.1) is 17.5 Å². The van der Waals surface area contributed by atoms with Gasteiger partial charge in [-0.2, -0.15) is 13.2 Å². The third-order valence-electron chi connectivity index (χ3n) is 5.51. The minimum atomic E-state index is -4.37. The Morgan fingerprint density at radius 3 is 2.31 bits per heavy atom. The molecule has 2 aromatic carbocycles. The minimum absolute atomic E-state index is 0.190. The molecule has 0 amide bonds. The quantitative estimate of drug-likeness (QED) is 0.581. The molecule has 1 unspecified atom stereocenters. The molecular weight excluding hydrogens is 399 g/mol. The standard InChI is InChI=1S/C22H20F3NO2S/c23-22(24,25)17-7-5-14(6-8-17)20(26-11-9-15(10-12-26)21(27)28)19-13-16-3-1-2-4-18(16)29-19/h1-8,13,15,20H,9-12H2,(H,27,28). The van der Waals surface area contributed by atoms with Gasteiger partial charge in [0.1, 0.15) is 0 Å². The van der Waals surface area contributed by atoms with Gasteiger partial charge in [-0.15, -0.1) is 11.3 Å². The number of rotatable bonds is 4. The Hall–Kier alpha value is -2.38. The van der Waals surface area contributed by atoms with Crippen molar-refractivity contribution in [3.63, 3.8) is 0 Å². The van der Waals surface area contributed by atoms with Crippen LogP contribution in [-0.2, 0) is 11.0 Å². The van der Waals surface area contributed by atoms with E-state index >= 15 is 0 Å². The number of alkyl halides is 3. The van der Waals surface area contributed by atoms with E-state index in [1.54, 1.807) is 23.5 Å². The van der Waals surface area contributed by atoms with E-state index in [-0.39, 0.29) is 12.0 Å². The number of aliphatic carboxylic acids is 1. The van der Waals surface area contributed by atoms with Crippen LogP contribution in [0.3, 0.4) is 0 Å². The lowest BCUT2D eigenvalue weighted by Gasteiger charge is -2.36. The maximum Gasteiger partial charge on any atom is 0.416 e. The molecule has 1 fully saturated rings. The van der Waals surface area contributed by atoms with E-state index < -0.39 is 17.7 Å². The van der Waals surface area contributed by atoms with E-state index in [9.17, 15) is 23.1 Å². The molecule has 0 saturated carbocycles. The molecule has 0 bridgehead atoms. The van der Waals surface area contributed by atoms with Gasteiger partial charge in [0, 0.05) is 9.58 Å². The van der Waals surface area contributed by atoms with Gasteiger partial charge >= 0.3 is 12.1 Å². The Bertz CT molecular complexity index is 972. The highest BCUT2D eigenvalue weighted by Crippen LogP contribution is 2.39. The zero-order chi connectivity index (χ0) is 20.6. The van der Waals surface area contributed by atoms with Crippen LogP contribution < -0.4 is 0 Å². The first kappa shape index (κ1) is 19.9. The van der Waals surface area contributed by atoms with Crippen molar-refractivity contribution in [3.8, 4) is 0 Å². The summed E-state index contributed by atoms with van der Waals surface area (Å²) in [6.45, 7) is 1.19. The lowest BCUT2D eigenvalue weighted by Crippen LogP contribution is -2.39. The molecule has 1 saturated heterocycles. The van der Waals surface area contributed by atoms with E-state index in [1.807, 2.05) is 24.3 Å². The predicted molar refractivity (Wildman–Crippen MR) is 107 cm³/mol. The van der Waals surface area contributed by atoms with Gasteiger partial charge in [0.25, 0.3) is 0 Å². The number of thiophene rings is 1. The van der Waals surface area contributed by atoms with Crippen LogP contribution >= 0.6 is 11.3 Å². The van der Waals surface area contributed by atoms with Gasteiger partial charge in [-0.3, -0.25) is 9.69 Å². The van der Waals surface area contributed by atoms with Crippen molar-refractivity contribution < 1.29 is 23.1 Å². The molecule has 0 radical (unpaired) electrons. The highest BCUT2D eigenvalue weighted by atomic mass is 32.1. The number of benzene rings is 2. The van der Waals surface area contributed by atoms with Crippen LogP contribution in [0.4, 0.5) is 13.2 Å². The van der Waals surface area contributed by atoms with Crippen molar-refractivity contribution in [1.82, 2.24) is 4.90 Å². The second-order valence-corrected chi connectivity index (χ2v) is 8.47. The van der Waals surface area contributed by atoms with Crippen molar-refractivity contribution in [3.05, 3.63) is 70.6 Å². The summed E-state index contributed by atoms with van der Waals surface area (Å²) in [5.41, 5.74) is 0.124. The Kier molecular flexibility index (Phi) is 5.36. The van der Waals surface area contributed by atoms with Gasteiger partial charge in [0.2, 0.25) is 0 Å². The van der Waals surface area contributed by atoms with Gasteiger partial charge in [0.15, 0.2) is 0 Å². The monoisotopic (exact) mass is 419 g/mol. The first-order valence-electron chi connectivity index (χ1n) is 9.45. The molecule has 1 N–H and O–H groups in total. The molecular formula is C22H20F3NO2S. The molecule has 3 aromatic rings. The molecule has 29 heavy (non-hydrogen) atoms. The first-order chi connectivity index (χ1) is 13.8. The normalized spacial score (nSPS) is 17.5. The molecule has 0 aliphatic carbocycles. The first-order valence-corrected chi connectivity index (χ1v) is 10.3. The second kappa shape index (κ2) is 7.80. The topological polar surface area (TPSA) is 40.5 Å². The van der Waals surface area contributed by atoms with E-state index in [0.29, 0.717) is 25.9 Å². The summed E-state index contributed by atoms with van der Waals surface area (Å²) >= 11 is 1.63. The lowest BCUT2D eigenvalue weighted by molar-refractivity contribution is -0.143. The van der Waals surface area contributed by atoms with Gasteiger partial charge in [-0.1, -0.05) is 30.3 Å². The van der Waals surface area contributed by atoms with Crippen molar-refractivity contribution in [2.75, 3.05) is 13.1 Å². The van der Waals surface area contributed by atoms with Crippen LogP contribution in [0.1, 0.15) is 34.9 Å². The third kappa shape index (κ3) is 4.16. The fraction of sp³-hybridized carbons (Fsp3) is 0.318. The molecule has 3 nitrogen and oxygen atoms in total.